The molecular formula is C44H52N6. The van der Waals surface area contributed by atoms with Crippen molar-refractivity contribution in [2.45, 2.75) is 102 Å². The Labute approximate surface area is 297 Å². The molecule has 0 bridgehead atoms. The zero-order valence-electron chi connectivity index (χ0n) is 30.8. The van der Waals surface area contributed by atoms with E-state index >= 15 is 0 Å². The van der Waals surface area contributed by atoms with Gasteiger partial charge >= 0.3 is 0 Å². The van der Waals surface area contributed by atoms with Crippen molar-refractivity contribution in [2.24, 2.45) is 0 Å². The fraction of sp³-hybridized carbons (Fsp3) is 0.455. The first-order valence-corrected chi connectivity index (χ1v) is 19.0. The van der Waals surface area contributed by atoms with Crippen molar-refractivity contribution in [1.29, 1.82) is 0 Å². The summed E-state index contributed by atoms with van der Waals surface area (Å²) >= 11 is 0. The Balaban J connectivity index is 1.17. The maximum absolute atomic E-state index is 4.88. The van der Waals surface area contributed by atoms with Crippen molar-refractivity contribution in [3.05, 3.63) is 94.8 Å². The zero-order chi connectivity index (χ0) is 34.4. The third-order valence-corrected chi connectivity index (χ3v) is 12.8. The maximum atomic E-state index is 4.88. The Hall–Kier alpha value is -4.00. The molecule has 5 aromatic rings. The van der Waals surface area contributed by atoms with Gasteiger partial charge in [0.05, 0.1) is 35.9 Å². The van der Waals surface area contributed by atoms with E-state index in [2.05, 4.69) is 110 Å². The molecule has 4 heterocycles. The summed E-state index contributed by atoms with van der Waals surface area (Å²) < 4.78 is 0. The molecule has 2 fully saturated rings. The lowest BCUT2D eigenvalue weighted by Gasteiger charge is -2.31. The van der Waals surface area contributed by atoms with Crippen molar-refractivity contribution < 1.29 is 0 Å². The molecule has 0 radical (unpaired) electrons. The van der Waals surface area contributed by atoms with Gasteiger partial charge in [0.15, 0.2) is 0 Å². The van der Waals surface area contributed by atoms with Crippen LogP contribution >= 0.6 is 0 Å². The fourth-order valence-corrected chi connectivity index (χ4v) is 10.1. The van der Waals surface area contributed by atoms with Gasteiger partial charge in [-0.25, -0.2) is 9.97 Å². The van der Waals surface area contributed by atoms with Crippen LogP contribution in [0.2, 0.25) is 0 Å². The summed E-state index contributed by atoms with van der Waals surface area (Å²) in [6.45, 7) is 12.2. The molecule has 0 amide bonds. The van der Waals surface area contributed by atoms with Gasteiger partial charge < -0.3 is 9.97 Å². The second-order valence-corrected chi connectivity index (χ2v) is 17.0. The number of hydrogen-bond acceptors (Lipinski definition) is 4. The lowest BCUT2D eigenvalue weighted by Crippen LogP contribution is -2.18. The van der Waals surface area contributed by atoms with Gasteiger partial charge in [0.1, 0.15) is 11.6 Å². The van der Waals surface area contributed by atoms with Gasteiger partial charge in [-0.1, -0.05) is 64.1 Å². The highest BCUT2D eigenvalue weighted by Crippen LogP contribution is 2.56. The van der Waals surface area contributed by atoms with Crippen molar-refractivity contribution in [1.82, 2.24) is 29.7 Å². The quantitative estimate of drug-likeness (QED) is 0.190. The molecule has 6 nitrogen and oxygen atoms in total. The minimum absolute atomic E-state index is 0.0919. The Morgan fingerprint density at radius 3 is 1.44 bits per heavy atom. The average Bonchev–Trinajstić information content (AvgIpc) is 3.96. The molecule has 2 atom stereocenters. The van der Waals surface area contributed by atoms with E-state index in [-0.39, 0.29) is 10.8 Å². The summed E-state index contributed by atoms with van der Waals surface area (Å²) in [5.41, 5.74) is 16.8. The summed E-state index contributed by atoms with van der Waals surface area (Å²) in [5.74, 6) is 2.19. The molecule has 2 N–H and O–H groups in total. The van der Waals surface area contributed by atoms with Gasteiger partial charge in [-0.05, 0) is 146 Å². The van der Waals surface area contributed by atoms with Gasteiger partial charge in [-0.15, -0.1) is 0 Å². The maximum Gasteiger partial charge on any atom is 0.123 e. The average molecular weight is 665 g/mol. The number of aromatic nitrogens is 4. The third kappa shape index (κ3) is 5.12. The SMILES string of the molecule is CN1CCC[C@H]1c1ncc(-c2cccc(-c3c4c(c(-c5cccc(-c6cnc([C@@H]7CCCN7C)[nH]6)c5)c5c3C(C)(C)CC5)C(C)(C)CC4)c2)[nH]1. The van der Waals surface area contributed by atoms with E-state index in [1.807, 2.05) is 12.4 Å². The van der Waals surface area contributed by atoms with Crippen LogP contribution in [0, 0.1) is 0 Å². The normalized spacial score (nSPS) is 22.8. The number of benzene rings is 3. The van der Waals surface area contributed by atoms with Gasteiger partial charge in [-0.3, -0.25) is 9.80 Å². The molecule has 0 unspecified atom stereocenters. The Kier molecular flexibility index (Phi) is 7.53. The Morgan fingerprint density at radius 1 is 0.620 bits per heavy atom. The number of fused-ring (bicyclic) bond motifs is 2. The number of H-pyrrole nitrogens is 2. The summed E-state index contributed by atoms with van der Waals surface area (Å²) in [7, 11) is 4.43. The van der Waals surface area contributed by atoms with E-state index in [0.717, 1.165) is 49.0 Å². The fourth-order valence-electron chi connectivity index (χ4n) is 10.1. The number of rotatable bonds is 6. The molecule has 2 aliphatic carbocycles. The van der Waals surface area contributed by atoms with Crippen molar-refractivity contribution in [3.8, 4) is 44.8 Å². The van der Waals surface area contributed by atoms with E-state index < -0.39 is 0 Å². The van der Waals surface area contributed by atoms with Crippen LogP contribution in [0.4, 0.5) is 0 Å². The van der Waals surface area contributed by atoms with E-state index in [1.54, 1.807) is 22.3 Å². The van der Waals surface area contributed by atoms with Gasteiger partial charge in [0, 0.05) is 11.1 Å². The number of hydrogen-bond donors (Lipinski definition) is 2. The second kappa shape index (κ2) is 11.8. The van der Waals surface area contributed by atoms with Crippen LogP contribution in [-0.4, -0.2) is 56.9 Å². The van der Waals surface area contributed by atoms with Crippen molar-refractivity contribution in [2.75, 3.05) is 27.2 Å². The Morgan fingerprint density at radius 2 is 1.04 bits per heavy atom. The molecule has 258 valence electrons. The van der Waals surface area contributed by atoms with Crippen molar-refractivity contribution in [3.63, 3.8) is 0 Å². The molecule has 9 rings (SSSR count). The van der Waals surface area contributed by atoms with E-state index in [9.17, 15) is 0 Å². The highest BCUT2D eigenvalue weighted by atomic mass is 15.2. The van der Waals surface area contributed by atoms with Crippen LogP contribution in [0.5, 0.6) is 0 Å². The molecule has 4 aliphatic rings. The monoisotopic (exact) mass is 664 g/mol. The minimum Gasteiger partial charge on any atom is -0.341 e. The van der Waals surface area contributed by atoms with E-state index in [1.165, 1.54) is 71.9 Å². The largest absolute Gasteiger partial charge is 0.341 e. The zero-order valence-corrected chi connectivity index (χ0v) is 30.8. The predicted octanol–water partition coefficient (Wildman–Crippen LogP) is 9.78. The molecular weight excluding hydrogens is 613 g/mol. The predicted molar refractivity (Wildman–Crippen MR) is 204 cm³/mol. The standard InChI is InChI=1S/C44H52N6/c1-43(2)19-17-31-38(30-14-8-12-28(24-30)34-26-46-42(48-34)36-16-10-22-50(36)6)40-32(18-20-44(40,3)4)37(39(31)43)29-13-7-11-27(23-29)33-25-45-41(47-33)35-15-9-21-49(35)5/h7-8,11-14,23-26,35-36H,9-10,15-22H2,1-6H3,(H,45,47)(H,46,48)/t35-,36-/m0/s1. The van der Waals surface area contributed by atoms with Crippen LogP contribution in [-0.2, 0) is 23.7 Å². The number of imidazole rings is 2. The van der Waals surface area contributed by atoms with Crippen molar-refractivity contribution >= 4 is 0 Å². The smallest absolute Gasteiger partial charge is 0.123 e. The molecule has 2 aliphatic heterocycles. The molecule has 3 aromatic carbocycles. The van der Waals surface area contributed by atoms with Crippen LogP contribution in [0.1, 0.15) is 112 Å². The number of nitrogens with one attached hydrogen (secondary N) is 2. The van der Waals surface area contributed by atoms with E-state index in [4.69, 9.17) is 9.97 Å². The summed E-state index contributed by atoms with van der Waals surface area (Å²) in [6.07, 6.45) is 13.5. The van der Waals surface area contributed by atoms with Crippen LogP contribution in [0.25, 0.3) is 44.8 Å². The van der Waals surface area contributed by atoms with Gasteiger partial charge in [0.2, 0.25) is 0 Å². The number of aromatic amines is 2. The van der Waals surface area contributed by atoms with Gasteiger partial charge in [0.25, 0.3) is 0 Å². The lowest BCUT2D eigenvalue weighted by molar-refractivity contribution is 0.307. The molecule has 0 saturated carbocycles. The highest BCUT2D eigenvalue weighted by Gasteiger charge is 2.43. The number of likely N-dealkylation sites (tertiary alicyclic amines) is 2. The van der Waals surface area contributed by atoms with Crippen LogP contribution in [0.3, 0.4) is 0 Å². The molecule has 50 heavy (non-hydrogen) atoms. The summed E-state index contributed by atoms with van der Waals surface area (Å²) in [6, 6.07) is 19.4. The van der Waals surface area contributed by atoms with Gasteiger partial charge in [-0.2, -0.15) is 0 Å². The topological polar surface area (TPSA) is 63.8 Å². The first-order valence-electron chi connectivity index (χ1n) is 19.0. The Bertz CT molecular complexity index is 1950. The molecule has 0 spiro atoms. The highest BCUT2D eigenvalue weighted by molar-refractivity contribution is 5.89. The molecule has 6 heteroatoms. The van der Waals surface area contributed by atoms with Crippen LogP contribution < -0.4 is 0 Å². The minimum atomic E-state index is 0.0919. The third-order valence-electron chi connectivity index (χ3n) is 12.8. The molecule has 2 saturated heterocycles. The lowest BCUT2D eigenvalue weighted by atomic mass is 9.73. The van der Waals surface area contributed by atoms with Crippen LogP contribution in [0.15, 0.2) is 60.9 Å². The van der Waals surface area contributed by atoms with E-state index in [0.29, 0.717) is 12.1 Å². The summed E-state index contributed by atoms with van der Waals surface area (Å²) in [5, 5.41) is 0. The first-order chi connectivity index (χ1) is 24.1. The molecule has 2 aromatic heterocycles. The first kappa shape index (κ1) is 31.9. The summed E-state index contributed by atoms with van der Waals surface area (Å²) in [4.78, 5) is 22.0. The number of nitrogens with zero attached hydrogens (tertiary/aromatic N) is 4. The second-order valence-electron chi connectivity index (χ2n) is 17.0.